The summed E-state index contributed by atoms with van der Waals surface area (Å²) in [5, 5.41) is 11.9. The summed E-state index contributed by atoms with van der Waals surface area (Å²) >= 11 is 0. The predicted molar refractivity (Wildman–Crippen MR) is 62.1 cm³/mol. The van der Waals surface area contributed by atoms with Gasteiger partial charge in [0.15, 0.2) is 0 Å². The van der Waals surface area contributed by atoms with Gasteiger partial charge in [-0.2, -0.15) is 0 Å². The molecule has 0 spiro atoms. The van der Waals surface area contributed by atoms with E-state index in [1.165, 1.54) is 0 Å². The molecular formula is C12H16N2O2. The van der Waals surface area contributed by atoms with Gasteiger partial charge in [-0.1, -0.05) is 0 Å². The molecule has 2 atom stereocenters. The van der Waals surface area contributed by atoms with Crippen LogP contribution in [0, 0.1) is 5.92 Å². The summed E-state index contributed by atoms with van der Waals surface area (Å²) in [5.74, 6) is 0.253. The van der Waals surface area contributed by atoms with Crippen molar-refractivity contribution in [3.8, 4) is 5.75 Å². The van der Waals surface area contributed by atoms with Crippen molar-refractivity contribution in [1.82, 2.24) is 0 Å². The molecule has 0 aromatic heterocycles. The van der Waals surface area contributed by atoms with Crippen LogP contribution in [0.2, 0.25) is 0 Å². The van der Waals surface area contributed by atoms with Crippen molar-refractivity contribution in [3.63, 3.8) is 0 Å². The summed E-state index contributed by atoms with van der Waals surface area (Å²) in [7, 11) is 0. The number of carbonyl (C=O) groups excluding carboxylic acids is 1. The number of phenols is 1. The van der Waals surface area contributed by atoms with E-state index in [1.54, 1.807) is 24.3 Å². The van der Waals surface area contributed by atoms with Crippen molar-refractivity contribution >= 4 is 11.6 Å². The van der Waals surface area contributed by atoms with E-state index in [-0.39, 0.29) is 23.6 Å². The summed E-state index contributed by atoms with van der Waals surface area (Å²) in [6, 6.07) is 6.63. The van der Waals surface area contributed by atoms with Gasteiger partial charge < -0.3 is 16.2 Å². The van der Waals surface area contributed by atoms with Crippen molar-refractivity contribution in [2.45, 2.75) is 25.3 Å². The Morgan fingerprint density at radius 1 is 1.31 bits per heavy atom. The van der Waals surface area contributed by atoms with Gasteiger partial charge in [-0.15, -0.1) is 0 Å². The highest BCUT2D eigenvalue weighted by Gasteiger charge is 2.27. The molecule has 1 saturated carbocycles. The predicted octanol–water partition coefficient (Wildman–Crippen LogP) is 1.46. The lowest BCUT2D eigenvalue weighted by Crippen LogP contribution is -2.23. The van der Waals surface area contributed by atoms with Gasteiger partial charge in [0.2, 0.25) is 5.91 Å². The first kappa shape index (κ1) is 11.0. The molecule has 86 valence electrons. The molecule has 1 aliphatic rings. The van der Waals surface area contributed by atoms with Crippen LogP contribution in [0.5, 0.6) is 5.75 Å². The highest BCUT2D eigenvalue weighted by Crippen LogP contribution is 2.25. The Labute approximate surface area is 94.5 Å². The lowest BCUT2D eigenvalue weighted by atomic mass is 10.1. The Hall–Kier alpha value is -1.55. The van der Waals surface area contributed by atoms with Crippen LogP contribution >= 0.6 is 0 Å². The number of hydrogen-bond acceptors (Lipinski definition) is 3. The standard InChI is InChI=1S/C12H16N2O2/c13-9-2-1-8(7-9)12(16)14-10-3-5-11(15)6-4-10/h3-6,8-9,15H,1-2,7,13H2,(H,14,16). The molecule has 2 rings (SSSR count). The van der Waals surface area contributed by atoms with E-state index in [2.05, 4.69) is 5.32 Å². The minimum atomic E-state index is 0.0265. The second kappa shape index (κ2) is 4.53. The second-order valence-electron chi connectivity index (χ2n) is 4.31. The highest BCUT2D eigenvalue weighted by atomic mass is 16.3. The van der Waals surface area contributed by atoms with E-state index in [1.807, 2.05) is 0 Å². The number of benzene rings is 1. The van der Waals surface area contributed by atoms with Crippen molar-refractivity contribution in [2.24, 2.45) is 11.7 Å². The van der Waals surface area contributed by atoms with E-state index in [4.69, 9.17) is 10.8 Å². The number of aromatic hydroxyl groups is 1. The largest absolute Gasteiger partial charge is 0.508 e. The Bertz CT molecular complexity index is 375. The van der Waals surface area contributed by atoms with Gasteiger partial charge in [0.1, 0.15) is 5.75 Å². The number of amides is 1. The van der Waals surface area contributed by atoms with Crippen LogP contribution in [0.1, 0.15) is 19.3 Å². The van der Waals surface area contributed by atoms with Gasteiger partial charge in [0.05, 0.1) is 0 Å². The third kappa shape index (κ3) is 2.52. The molecule has 0 aliphatic heterocycles. The van der Waals surface area contributed by atoms with Gasteiger partial charge in [-0.25, -0.2) is 0 Å². The number of nitrogens with two attached hydrogens (primary N) is 1. The summed E-state index contributed by atoms with van der Waals surface area (Å²) in [6.45, 7) is 0. The molecule has 1 amide bonds. The average Bonchev–Trinajstić information content (AvgIpc) is 2.68. The van der Waals surface area contributed by atoms with Gasteiger partial charge in [-0.05, 0) is 43.5 Å². The Morgan fingerprint density at radius 2 is 2.00 bits per heavy atom. The van der Waals surface area contributed by atoms with Crippen LogP contribution in [0.25, 0.3) is 0 Å². The smallest absolute Gasteiger partial charge is 0.227 e. The maximum absolute atomic E-state index is 11.8. The molecule has 2 unspecified atom stereocenters. The van der Waals surface area contributed by atoms with Crippen LogP contribution in [-0.4, -0.2) is 17.1 Å². The fourth-order valence-electron chi connectivity index (χ4n) is 2.04. The maximum atomic E-state index is 11.8. The van der Waals surface area contributed by atoms with E-state index >= 15 is 0 Å². The molecule has 0 heterocycles. The zero-order chi connectivity index (χ0) is 11.5. The molecule has 4 nitrogen and oxygen atoms in total. The monoisotopic (exact) mass is 220 g/mol. The summed E-state index contributed by atoms with van der Waals surface area (Å²) < 4.78 is 0. The number of rotatable bonds is 2. The molecule has 0 bridgehead atoms. The molecule has 0 radical (unpaired) electrons. The minimum Gasteiger partial charge on any atom is -0.508 e. The normalized spacial score (nSPS) is 24.3. The first-order chi connectivity index (χ1) is 7.65. The molecule has 4 N–H and O–H groups in total. The Balaban J connectivity index is 1.94. The quantitative estimate of drug-likeness (QED) is 0.660. The highest BCUT2D eigenvalue weighted by molar-refractivity contribution is 5.92. The van der Waals surface area contributed by atoms with Gasteiger partial charge in [0, 0.05) is 17.6 Å². The van der Waals surface area contributed by atoms with Crippen molar-refractivity contribution < 1.29 is 9.90 Å². The molecule has 0 saturated heterocycles. The number of carbonyl (C=O) groups is 1. The van der Waals surface area contributed by atoms with Gasteiger partial charge >= 0.3 is 0 Å². The fourth-order valence-corrected chi connectivity index (χ4v) is 2.04. The van der Waals surface area contributed by atoms with Crippen LogP contribution < -0.4 is 11.1 Å². The molecule has 4 heteroatoms. The number of anilines is 1. The number of hydrogen-bond donors (Lipinski definition) is 3. The summed E-state index contributed by atoms with van der Waals surface area (Å²) in [4.78, 5) is 11.8. The first-order valence-corrected chi connectivity index (χ1v) is 5.50. The lowest BCUT2D eigenvalue weighted by Gasteiger charge is -2.10. The van der Waals surface area contributed by atoms with Crippen molar-refractivity contribution in [3.05, 3.63) is 24.3 Å². The maximum Gasteiger partial charge on any atom is 0.227 e. The van der Waals surface area contributed by atoms with Gasteiger partial charge in [-0.3, -0.25) is 4.79 Å². The van der Waals surface area contributed by atoms with E-state index in [0.717, 1.165) is 19.3 Å². The molecular weight excluding hydrogens is 204 g/mol. The van der Waals surface area contributed by atoms with Crippen LogP contribution in [0.4, 0.5) is 5.69 Å². The fraction of sp³-hybridized carbons (Fsp3) is 0.417. The molecule has 1 fully saturated rings. The summed E-state index contributed by atoms with van der Waals surface area (Å²) in [6.07, 6.45) is 2.56. The molecule has 16 heavy (non-hydrogen) atoms. The average molecular weight is 220 g/mol. The minimum absolute atomic E-state index is 0.0265. The zero-order valence-corrected chi connectivity index (χ0v) is 9.02. The second-order valence-corrected chi connectivity index (χ2v) is 4.31. The number of nitrogens with one attached hydrogen (secondary N) is 1. The van der Waals surface area contributed by atoms with E-state index in [9.17, 15) is 4.79 Å². The topological polar surface area (TPSA) is 75.4 Å². The number of phenolic OH excluding ortho intramolecular Hbond substituents is 1. The van der Waals surface area contributed by atoms with Crippen molar-refractivity contribution in [1.29, 1.82) is 0 Å². The van der Waals surface area contributed by atoms with Crippen LogP contribution in [0.3, 0.4) is 0 Å². The van der Waals surface area contributed by atoms with E-state index < -0.39 is 0 Å². The summed E-state index contributed by atoms with van der Waals surface area (Å²) in [5.41, 5.74) is 6.47. The molecule has 1 aliphatic carbocycles. The Kier molecular flexibility index (Phi) is 3.10. The third-order valence-corrected chi connectivity index (χ3v) is 2.98. The van der Waals surface area contributed by atoms with Crippen LogP contribution in [0.15, 0.2) is 24.3 Å². The van der Waals surface area contributed by atoms with Crippen molar-refractivity contribution in [2.75, 3.05) is 5.32 Å². The SMILES string of the molecule is NC1CCC(C(=O)Nc2ccc(O)cc2)C1. The van der Waals surface area contributed by atoms with Gasteiger partial charge in [0.25, 0.3) is 0 Å². The molecule has 1 aromatic carbocycles. The first-order valence-electron chi connectivity index (χ1n) is 5.50. The molecule has 1 aromatic rings. The third-order valence-electron chi connectivity index (χ3n) is 2.98. The van der Waals surface area contributed by atoms with E-state index in [0.29, 0.717) is 5.69 Å². The lowest BCUT2D eigenvalue weighted by molar-refractivity contribution is -0.119. The zero-order valence-electron chi connectivity index (χ0n) is 9.02. The Morgan fingerprint density at radius 3 is 2.56 bits per heavy atom. The van der Waals surface area contributed by atoms with Crippen LogP contribution in [-0.2, 0) is 4.79 Å².